The SMILES string of the molecule is CC(=O)[CH]([AlH][CH2]C(=O)CC(=O)C(=O)O)C(C)=O.[AlH3]. The first-order valence-corrected chi connectivity index (χ1v) is 6.86. The maximum Gasteiger partial charge on any atom is 0.372 e. The summed E-state index contributed by atoms with van der Waals surface area (Å²) in [5.74, 6) is -3.87. The zero-order valence-corrected chi connectivity index (χ0v) is 11.1. The number of aliphatic carboxylic acids is 1. The topological polar surface area (TPSA) is 106 Å². The Kier molecular flexibility index (Phi) is 9.98. The van der Waals surface area contributed by atoms with Gasteiger partial charge >= 0.3 is 5.97 Å². The molecule has 0 saturated heterocycles. The van der Waals surface area contributed by atoms with Crippen molar-refractivity contribution in [2.75, 3.05) is 0 Å². The normalized spacial score (nSPS) is 9.28. The zero-order chi connectivity index (χ0) is 13.6. The molecule has 0 rings (SSSR count). The van der Waals surface area contributed by atoms with E-state index in [1.807, 2.05) is 0 Å². The van der Waals surface area contributed by atoms with E-state index in [4.69, 9.17) is 5.11 Å². The predicted molar refractivity (Wildman–Crippen MR) is 69.3 cm³/mol. The van der Waals surface area contributed by atoms with Crippen LogP contribution in [0.25, 0.3) is 0 Å². The number of carbonyl (C=O) groups excluding carboxylic acids is 4. The molecule has 6 nitrogen and oxygen atoms in total. The average molecular weight is 286 g/mol. The molecule has 0 saturated carbocycles. The summed E-state index contributed by atoms with van der Waals surface area (Å²) in [5.41, 5.74) is 0. The van der Waals surface area contributed by atoms with Crippen molar-refractivity contribution in [3.05, 3.63) is 0 Å². The van der Waals surface area contributed by atoms with Gasteiger partial charge in [0.15, 0.2) is 17.4 Å². The summed E-state index contributed by atoms with van der Waals surface area (Å²) in [5, 5.41) is 8.28. The van der Waals surface area contributed by atoms with Gasteiger partial charge in [0.1, 0.15) is 17.3 Å². The van der Waals surface area contributed by atoms with Crippen LogP contribution < -0.4 is 0 Å². The number of hydrogen-bond acceptors (Lipinski definition) is 5. The molecule has 0 aliphatic carbocycles. The Labute approximate surface area is 121 Å². The Balaban J connectivity index is 0. The molecular formula is C10H16Al2O6. The number of rotatable bonds is 8. The highest BCUT2D eigenvalue weighted by Gasteiger charge is 2.24. The van der Waals surface area contributed by atoms with Gasteiger partial charge in [0.2, 0.25) is 5.78 Å². The highest BCUT2D eigenvalue weighted by Crippen LogP contribution is 2.09. The number of carboxylic acids is 1. The fourth-order valence-electron chi connectivity index (χ4n) is 1.34. The van der Waals surface area contributed by atoms with Gasteiger partial charge in [0, 0.05) is 4.78 Å². The standard InChI is InChI=1S/C5H5O4.C5H7O2.2Al.4H/c1-3(6)2-4(7)5(8)9;1-4(6)3-5(2)7;;;;;;/h1-2H2,(H,8,9);3H,1-2H3;;;;;;. The quantitative estimate of drug-likeness (QED) is 0.322. The molecule has 0 unspecified atom stereocenters. The van der Waals surface area contributed by atoms with Crippen LogP contribution in [0.4, 0.5) is 0 Å². The van der Waals surface area contributed by atoms with Crippen molar-refractivity contribution >= 4 is 61.7 Å². The van der Waals surface area contributed by atoms with E-state index >= 15 is 0 Å². The van der Waals surface area contributed by atoms with Gasteiger partial charge in [-0.1, -0.05) is 0 Å². The van der Waals surface area contributed by atoms with Crippen LogP contribution in [-0.4, -0.2) is 66.8 Å². The van der Waals surface area contributed by atoms with Crippen LogP contribution >= 0.6 is 0 Å². The number of carbonyl (C=O) groups is 5. The van der Waals surface area contributed by atoms with Crippen molar-refractivity contribution in [1.29, 1.82) is 0 Å². The predicted octanol–water partition coefficient (Wildman–Crippen LogP) is -1.76. The Hall–Kier alpha value is -0.785. The number of carboxylic acid groups (broad SMARTS) is 1. The molecule has 98 valence electrons. The highest BCUT2D eigenvalue weighted by molar-refractivity contribution is 6.55. The molecule has 0 fully saturated rings. The van der Waals surface area contributed by atoms with E-state index in [0.717, 1.165) is 0 Å². The third-order valence-electron chi connectivity index (χ3n) is 2.29. The second-order valence-corrected chi connectivity index (χ2v) is 5.65. The van der Waals surface area contributed by atoms with E-state index in [1.54, 1.807) is 0 Å². The fraction of sp³-hybridized carbons (Fsp3) is 0.500. The van der Waals surface area contributed by atoms with Crippen LogP contribution in [0.5, 0.6) is 0 Å². The summed E-state index contributed by atoms with van der Waals surface area (Å²) in [6.07, 6.45) is -0.662. The van der Waals surface area contributed by atoms with Crippen molar-refractivity contribution in [3.63, 3.8) is 0 Å². The molecule has 18 heavy (non-hydrogen) atoms. The molecule has 8 heteroatoms. The van der Waals surface area contributed by atoms with Gasteiger partial charge in [-0.05, 0) is 19.1 Å². The Bertz CT molecular complexity index is 363. The van der Waals surface area contributed by atoms with Crippen LogP contribution in [0, 0.1) is 0 Å². The van der Waals surface area contributed by atoms with Gasteiger partial charge in [-0.3, -0.25) is 4.79 Å². The van der Waals surface area contributed by atoms with Crippen molar-refractivity contribution in [2.24, 2.45) is 0 Å². The molecule has 0 amide bonds. The summed E-state index contributed by atoms with van der Waals surface area (Å²) >= 11 is -1.28. The van der Waals surface area contributed by atoms with E-state index in [0.29, 0.717) is 0 Å². The molecule has 0 atom stereocenters. The maximum absolute atomic E-state index is 11.2. The van der Waals surface area contributed by atoms with E-state index in [9.17, 15) is 24.0 Å². The Morgan fingerprint density at radius 1 is 1.06 bits per heavy atom. The monoisotopic (exact) mass is 286 g/mol. The molecule has 0 aliphatic heterocycles. The van der Waals surface area contributed by atoms with Crippen molar-refractivity contribution in [3.8, 4) is 0 Å². The summed E-state index contributed by atoms with van der Waals surface area (Å²) in [6.45, 7) is 2.57. The lowest BCUT2D eigenvalue weighted by Crippen LogP contribution is -2.23. The van der Waals surface area contributed by atoms with Crippen molar-refractivity contribution in [2.45, 2.75) is 30.3 Å². The molecule has 0 aliphatic rings. The zero-order valence-electron chi connectivity index (χ0n) is 9.69. The Morgan fingerprint density at radius 2 is 1.50 bits per heavy atom. The number of hydrogen-bond donors (Lipinski definition) is 1. The highest BCUT2D eigenvalue weighted by atomic mass is 27.1. The molecule has 0 bridgehead atoms. The number of Topliss-reactive ketones (excluding diaryl/α,β-unsaturated/α-hetero) is 4. The second kappa shape index (κ2) is 9.19. The largest absolute Gasteiger partial charge is 0.475 e. The van der Waals surface area contributed by atoms with Crippen LogP contribution in [0.3, 0.4) is 0 Å². The van der Waals surface area contributed by atoms with Crippen LogP contribution in [0.2, 0.25) is 10.1 Å². The second-order valence-electron chi connectivity index (χ2n) is 3.76. The molecule has 0 aromatic rings. The van der Waals surface area contributed by atoms with E-state index in [-0.39, 0.29) is 34.2 Å². The first-order valence-electron chi connectivity index (χ1n) is 5.04. The number of ketones is 4. The third kappa shape index (κ3) is 7.52. The fourth-order valence-corrected chi connectivity index (χ4v) is 2.94. The van der Waals surface area contributed by atoms with Crippen molar-refractivity contribution in [1.82, 2.24) is 0 Å². The average Bonchev–Trinajstić information content (AvgIpc) is 2.16. The van der Waals surface area contributed by atoms with Crippen LogP contribution in [-0.2, 0) is 24.0 Å². The summed E-state index contributed by atoms with van der Waals surface area (Å²) in [6, 6.07) is 0. The van der Waals surface area contributed by atoms with E-state index < -0.39 is 44.0 Å². The first kappa shape index (κ1) is 19.6. The van der Waals surface area contributed by atoms with Gasteiger partial charge in [-0.25, -0.2) is 4.79 Å². The summed E-state index contributed by atoms with van der Waals surface area (Å²) in [4.78, 5) is 54.3. The molecule has 0 heterocycles. The lowest BCUT2D eigenvalue weighted by Gasteiger charge is -2.06. The molecule has 0 spiro atoms. The molecule has 0 radical (unpaired) electrons. The molecule has 0 aromatic carbocycles. The minimum Gasteiger partial charge on any atom is -0.475 e. The molecule has 1 N–H and O–H groups in total. The maximum atomic E-state index is 11.2. The van der Waals surface area contributed by atoms with E-state index in [2.05, 4.69) is 0 Å². The van der Waals surface area contributed by atoms with Crippen LogP contribution in [0.15, 0.2) is 0 Å². The lowest BCUT2D eigenvalue weighted by atomic mass is 10.2. The van der Waals surface area contributed by atoms with Gasteiger partial charge in [-0.15, -0.1) is 0 Å². The van der Waals surface area contributed by atoms with Gasteiger partial charge in [0.25, 0.3) is 15.2 Å². The minimum atomic E-state index is -1.64. The minimum absolute atomic E-state index is 0. The first-order chi connectivity index (χ1) is 7.75. The van der Waals surface area contributed by atoms with Gasteiger partial charge in [0.05, 0.1) is 6.42 Å². The van der Waals surface area contributed by atoms with Gasteiger partial charge in [-0.2, -0.15) is 0 Å². The Morgan fingerprint density at radius 3 is 1.83 bits per heavy atom. The van der Waals surface area contributed by atoms with Crippen LogP contribution in [0.1, 0.15) is 20.3 Å². The molecular weight excluding hydrogens is 270 g/mol. The van der Waals surface area contributed by atoms with Gasteiger partial charge < -0.3 is 19.5 Å². The summed E-state index contributed by atoms with van der Waals surface area (Å²) in [7, 11) is 0. The smallest absolute Gasteiger partial charge is 0.372 e. The van der Waals surface area contributed by atoms with Crippen molar-refractivity contribution < 1.29 is 29.1 Å². The molecule has 0 aromatic heterocycles. The third-order valence-corrected chi connectivity index (χ3v) is 4.86. The lowest BCUT2D eigenvalue weighted by molar-refractivity contribution is -0.150. The van der Waals surface area contributed by atoms with E-state index in [1.165, 1.54) is 13.8 Å². The summed E-state index contributed by atoms with van der Waals surface area (Å²) < 4.78 is -0.709.